The van der Waals surface area contributed by atoms with E-state index in [1.807, 2.05) is 24.3 Å². The summed E-state index contributed by atoms with van der Waals surface area (Å²) < 4.78 is 12.8. The van der Waals surface area contributed by atoms with E-state index in [9.17, 15) is 4.39 Å². The zero-order valence-electron chi connectivity index (χ0n) is 13.3. The third-order valence-corrected chi connectivity index (χ3v) is 4.67. The van der Waals surface area contributed by atoms with Gasteiger partial charge in [-0.25, -0.2) is 4.39 Å². The van der Waals surface area contributed by atoms with E-state index in [0.29, 0.717) is 10.9 Å². The molecule has 124 valence electrons. The van der Waals surface area contributed by atoms with Gasteiger partial charge in [-0.05, 0) is 54.8 Å². The Balaban J connectivity index is 1.74. The second kappa shape index (κ2) is 7.05. The van der Waals surface area contributed by atoms with Gasteiger partial charge in [0, 0.05) is 5.75 Å². The van der Waals surface area contributed by atoms with E-state index >= 15 is 0 Å². The number of halogens is 1. The molecule has 1 heterocycles. The Hall–Kier alpha value is -2.34. The number of aliphatic imine (C=N–C) groups is 1. The van der Waals surface area contributed by atoms with Crippen molar-refractivity contribution in [3.63, 3.8) is 0 Å². The molecule has 1 atom stereocenters. The normalized spacial score (nSPS) is 20.8. The highest BCUT2D eigenvalue weighted by Crippen LogP contribution is 2.35. The van der Waals surface area contributed by atoms with E-state index in [0.717, 1.165) is 23.3 Å². The Kier molecular flexibility index (Phi) is 4.85. The van der Waals surface area contributed by atoms with Crippen LogP contribution in [0.4, 0.5) is 4.39 Å². The molecule has 24 heavy (non-hydrogen) atoms. The van der Waals surface area contributed by atoms with Crippen LogP contribution in [-0.4, -0.2) is 17.1 Å². The van der Waals surface area contributed by atoms with E-state index in [1.165, 1.54) is 24.3 Å². The molecule has 0 radical (unpaired) electrons. The first-order chi connectivity index (χ1) is 11.5. The zero-order valence-corrected chi connectivity index (χ0v) is 14.1. The molecule has 0 aliphatic carbocycles. The monoisotopic (exact) mass is 343 g/mol. The van der Waals surface area contributed by atoms with Crippen LogP contribution in [0, 0.1) is 5.82 Å². The summed E-state index contributed by atoms with van der Waals surface area (Å²) in [7, 11) is 0. The van der Waals surface area contributed by atoms with Crippen LogP contribution in [0.5, 0.6) is 5.75 Å². The molecule has 0 amide bonds. The Morgan fingerprint density at radius 3 is 2.83 bits per heavy atom. The van der Waals surface area contributed by atoms with Crippen LogP contribution >= 0.6 is 11.8 Å². The molecule has 0 fully saturated rings. The molecule has 6 heteroatoms. The highest BCUT2D eigenvalue weighted by atomic mass is 32.2. The van der Waals surface area contributed by atoms with E-state index in [1.54, 1.807) is 18.0 Å². The average Bonchev–Trinajstić information content (AvgIpc) is 2.57. The number of oxime groups is 1. The number of benzene rings is 2. The molecule has 0 bridgehead atoms. The molecule has 3 rings (SSSR count). The lowest BCUT2D eigenvalue weighted by Gasteiger charge is -2.29. The van der Waals surface area contributed by atoms with Crippen molar-refractivity contribution in [2.45, 2.75) is 18.9 Å². The molecule has 2 aromatic rings. The van der Waals surface area contributed by atoms with Gasteiger partial charge in [-0.3, -0.25) is 4.99 Å². The van der Waals surface area contributed by atoms with Crippen molar-refractivity contribution in [3.05, 3.63) is 65.5 Å². The van der Waals surface area contributed by atoms with Crippen LogP contribution in [0.2, 0.25) is 0 Å². The summed E-state index contributed by atoms with van der Waals surface area (Å²) in [6.07, 6.45) is 2.56. The first kappa shape index (κ1) is 16.5. The van der Waals surface area contributed by atoms with Crippen molar-refractivity contribution in [1.29, 1.82) is 0 Å². The van der Waals surface area contributed by atoms with Gasteiger partial charge in [0.2, 0.25) is 0 Å². The van der Waals surface area contributed by atoms with E-state index in [2.05, 4.69) is 17.1 Å². The van der Waals surface area contributed by atoms with Crippen molar-refractivity contribution < 1.29 is 9.23 Å². The summed E-state index contributed by atoms with van der Waals surface area (Å²) in [5.74, 6) is 1.13. The van der Waals surface area contributed by atoms with Gasteiger partial charge in [0.15, 0.2) is 10.9 Å². The van der Waals surface area contributed by atoms with Crippen molar-refractivity contribution in [1.82, 2.24) is 0 Å². The molecule has 0 saturated heterocycles. The maximum Gasteiger partial charge on any atom is 0.158 e. The number of nitrogens with zero attached hydrogens (tertiary/aromatic N) is 2. The van der Waals surface area contributed by atoms with Crippen molar-refractivity contribution in [2.75, 3.05) is 5.75 Å². The Labute approximate surface area is 144 Å². The molecule has 1 aliphatic heterocycles. The number of hydrogen-bond donors (Lipinski definition) is 1. The Morgan fingerprint density at radius 1 is 1.29 bits per heavy atom. The van der Waals surface area contributed by atoms with Gasteiger partial charge in [-0.1, -0.05) is 35.1 Å². The predicted octanol–water partition coefficient (Wildman–Crippen LogP) is 3.91. The molecular formula is C18H18FN3OS. The third-order valence-electron chi connectivity index (χ3n) is 3.88. The van der Waals surface area contributed by atoms with Crippen molar-refractivity contribution in [3.8, 4) is 5.75 Å². The molecule has 1 aliphatic rings. The van der Waals surface area contributed by atoms with Crippen LogP contribution in [0.15, 0.2) is 58.7 Å². The molecule has 0 aromatic heterocycles. The largest absolute Gasteiger partial charge is 0.379 e. The van der Waals surface area contributed by atoms with E-state index in [-0.39, 0.29) is 11.4 Å². The van der Waals surface area contributed by atoms with Gasteiger partial charge in [0.05, 0.1) is 11.8 Å². The summed E-state index contributed by atoms with van der Waals surface area (Å²) in [6.45, 7) is 2.09. The SMILES string of the molecule is CC1(c2cccc(/C=N/Oc3ccc(F)cc3)c2)CCSC(N)=N1. The predicted molar refractivity (Wildman–Crippen MR) is 97.1 cm³/mol. The Morgan fingerprint density at radius 2 is 2.08 bits per heavy atom. The number of nitrogens with two attached hydrogens (primary N) is 1. The fourth-order valence-corrected chi connectivity index (χ4v) is 3.47. The smallest absolute Gasteiger partial charge is 0.158 e. The van der Waals surface area contributed by atoms with Gasteiger partial charge in [0.1, 0.15) is 5.82 Å². The van der Waals surface area contributed by atoms with Crippen LogP contribution in [0.3, 0.4) is 0 Å². The third kappa shape index (κ3) is 3.94. The van der Waals surface area contributed by atoms with E-state index < -0.39 is 0 Å². The maximum atomic E-state index is 12.8. The summed E-state index contributed by atoms with van der Waals surface area (Å²) >= 11 is 1.59. The lowest BCUT2D eigenvalue weighted by molar-refractivity contribution is 0.343. The summed E-state index contributed by atoms with van der Waals surface area (Å²) in [6, 6.07) is 13.7. The van der Waals surface area contributed by atoms with Gasteiger partial charge in [-0.15, -0.1) is 0 Å². The van der Waals surface area contributed by atoms with Crippen molar-refractivity contribution >= 4 is 23.1 Å². The molecule has 2 N–H and O–H groups in total. The minimum atomic E-state index is -0.309. The fourth-order valence-electron chi connectivity index (χ4n) is 2.49. The minimum absolute atomic E-state index is 0.308. The summed E-state index contributed by atoms with van der Waals surface area (Å²) in [5.41, 5.74) is 7.57. The molecule has 0 spiro atoms. The quantitative estimate of drug-likeness (QED) is 0.676. The molecule has 4 nitrogen and oxygen atoms in total. The summed E-state index contributed by atoms with van der Waals surface area (Å²) in [5, 5.41) is 4.58. The average molecular weight is 343 g/mol. The number of hydrogen-bond acceptors (Lipinski definition) is 5. The van der Waals surface area contributed by atoms with Gasteiger partial charge >= 0.3 is 0 Å². The molecule has 2 aromatic carbocycles. The first-order valence-corrected chi connectivity index (χ1v) is 8.58. The van der Waals surface area contributed by atoms with Gasteiger partial charge < -0.3 is 10.6 Å². The zero-order chi connectivity index (χ0) is 17.0. The van der Waals surface area contributed by atoms with Crippen LogP contribution < -0.4 is 10.6 Å². The highest BCUT2D eigenvalue weighted by molar-refractivity contribution is 8.13. The maximum absolute atomic E-state index is 12.8. The minimum Gasteiger partial charge on any atom is -0.379 e. The highest BCUT2D eigenvalue weighted by Gasteiger charge is 2.29. The first-order valence-electron chi connectivity index (χ1n) is 7.60. The lowest BCUT2D eigenvalue weighted by Crippen LogP contribution is -2.28. The standard InChI is InChI=1S/C18H18FN3OS/c1-18(9-10-24-17(20)22-18)14-4-2-3-13(11-14)12-21-23-16-7-5-15(19)6-8-16/h2-8,11-12H,9-10H2,1H3,(H2,20,22)/b21-12+. The Bertz CT molecular complexity index is 776. The number of amidine groups is 1. The van der Waals surface area contributed by atoms with Crippen LogP contribution in [0.1, 0.15) is 24.5 Å². The molecular weight excluding hydrogens is 325 g/mol. The van der Waals surface area contributed by atoms with Crippen LogP contribution in [-0.2, 0) is 5.54 Å². The van der Waals surface area contributed by atoms with Gasteiger partial charge in [-0.2, -0.15) is 0 Å². The molecule has 1 unspecified atom stereocenters. The lowest BCUT2D eigenvalue weighted by atomic mass is 9.89. The summed E-state index contributed by atoms with van der Waals surface area (Å²) in [4.78, 5) is 9.85. The second-order valence-corrected chi connectivity index (χ2v) is 6.84. The number of rotatable bonds is 4. The topological polar surface area (TPSA) is 60.0 Å². The molecule has 0 saturated carbocycles. The van der Waals surface area contributed by atoms with Crippen LogP contribution in [0.25, 0.3) is 0 Å². The second-order valence-electron chi connectivity index (χ2n) is 5.73. The fraction of sp³-hybridized carbons (Fsp3) is 0.222. The number of thioether (sulfide) groups is 1. The van der Waals surface area contributed by atoms with E-state index in [4.69, 9.17) is 10.6 Å². The van der Waals surface area contributed by atoms with Gasteiger partial charge in [0.25, 0.3) is 0 Å². The van der Waals surface area contributed by atoms with Crippen molar-refractivity contribution in [2.24, 2.45) is 15.9 Å².